The van der Waals surface area contributed by atoms with E-state index in [-0.39, 0.29) is 6.10 Å². The van der Waals surface area contributed by atoms with Crippen molar-refractivity contribution in [3.8, 4) is 5.75 Å². The van der Waals surface area contributed by atoms with Gasteiger partial charge in [-0.05, 0) is 80.7 Å². The van der Waals surface area contributed by atoms with E-state index < -0.39 is 8.32 Å². The van der Waals surface area contributed by atoms with E-state index in [1.807, 2.05) is 18.3 Å². The van der Waals surface area contributed by atoms with E-state index in [0.29, 0.717) is 12.0 Å². The summed E-state index contributed by atoms with van der Waals surface area (Å²) >= 11 is 0. The summed E-state index contributed by atoms with van der Waals surface area (Å²) < 4.78 is 12.4. The predicted molar refractivity (Wildman–Crippen MR) is 117 cm³/mol. The number of ether oxygens (including phenoxy) is 1. The lowest BCUT2D eigenvalue weighted by Gasteiger charge is -2.52. The highest BCUT2D eigenvalue weighted by Gasteiger charge is 2.44. The summed E-state index contributed by atoms with van der Waals surface area (Å²) in [5, 5.41) is 1.15. The first-order valence-electron chi connectivity index (χ1n) is 10.4. The maximum Gasteiger partial charge on any atom is 0.184 e. The van der Waals surface area contributed by atoms with Crippen molar-refractivity contribution in [2.75, 3.05) is 20.2 Å². The Kier molecular flexibility index (Phi) is 5.34. The van der Waals surface area contributed by atoms with Gasteiger partial charge in [-0.25, -0.2) is 0 Å². The Morgan fingerprint density at radius 3 is 2.75 bits per heavy atom. The van der Waals surface area contributed by atoms with Gasteiger partial charge in [0.1, 0.15) is 5.75 Å². The third-order valence-electron chi connectivity index (χ3n) is 6.27. The Morgan fingerprint density at radius 1 is 1.29 bits per heavy atom. The van der Waals surface area contributed by atoms with Crippen molar-refractivity contribution in [1.29, 1.82) is 0 Å². The zero-order valence-electron chi connectivity index (χ0n) is 17.5. The highest BCUT2D eigenvalue weighted by Crippen LogP contribution is 2.44. The summed E-state index contributed by atoms with van der Waals surface area (Å²) in [6.07, 6.45) is 6.61. The molecule has 0 spiro atoms. The van der Waals surface area contributed by atoms with E-state index in [1.54, 1.807) is 7.11 Å². The molecule has 2 aromatic rings. The van der Waals surface area contributed by atoms with Crippen molar-refractivity contribution < 1.29 is 9.16 Å². The number of nitrogens with zero attached hydrogens (tertiary/aromatic N) is 2. The van der Waals surface area contributed by atoms with E-state index in [4.69, 9.17) is 9.16 Å². The standard InChI is InChI=1S/C23H32N2O2Si/c1-6-16-15-25-12-10-17(16)13-22(25)23(27-28(3,4)5)19-9-11-24-21-8-7-18(26-2)14-20(19)21/h6-9,11,14,16-17,22-23H,1,10,12-13,15H2,2-5H3/t16?,17?,22?,23-/m0/s1. The summed E-state index contributed by atoms with van der Waals surface area (Å²) in [5.74, 6) is 2.21. The number of hydrogen-bond donors (Lipinski definition) is 0. The molecule has 1 aromatic heterocycles. The van der Waals surface area contributed by atoms with Crippen LogP contribution in [0.5, 0.6) is 5.75 Å². The normalized spacial score (nSPS) is 28.3. The Balaban J connectivity index is 1.78. The Hall–Kier alpha value is -1.69. The van der Waals surface area contributed by atoms with E-state index >= 15 is 0 Å². The number of piperidine rings is 3. The molecule has 2 bridgehead atoms. The molecule has 0 N–H and O–H groups in total. The minimum atomic E-state index is -1.75. The predicted octanol–water partition coefficient (Wildman–Crippen LogP) is 5.03. The van der Waals surface area contributed by atoms with Crippen molar-refractivity contribution in [2.45, 2.75) is 44.6 Å². The summed E-state index contributed by atoms with van der Waals surface area (Å²) in [7, 11) is -0.0309. The lowest BCUT2D eigenvalue weighted by molar-refractivity contribution is -0.0382. The molecule has 1 aromatic carbocycles. The third-order valence-corrected chi connectivity index (χ3v) is 7.23. The van der Waals surface area contributed by atoms with Gasteiger partial charge in [0.25, 0.3) is 0 Å². The second-order valence-electron chi connectivity index (χ2n) is 9.18. The SMILES string of the molecule is C=CC1CN2CCC1CC2[C@@H](O[Si](C)(C)C)c1ccnc2ccc(OC)cc12. The molecule has 5 atom stereocenters. The van der Waals surface area contributed by atoms with Crippen molar-refractivity contribution in [1.82, 2.24) is 9.88 Å². The van der Waals surface area contributed by atoms with Crippen molar-refractivity contribution in [3.63, 3.8) is 0 Å². The van der Waals surface area contributed by atoms with Crippen LogP contribution in [0.1, 0.15) is 24.5 Å². The zero-order valence-corrected chi connectivity index (χ0v) is 18.5. The lowest BCUT2D eigenvalue weighted by Crippen LogP contribution is -2.56. The first-order valence-corrected chi connectivity index (χ1v) is 13.8. The monoisotopic (exact) mass is 396 g/mol. The molecule has 28 heavy (non-hydrogen) atoms. The maximum absolute atomic E-state index is 6.87. The molecule has 150 valence electrons. The van der Waals surface area contributed by atoms with Crippen LogP contribution in [0.15, 0.2) is 43.1 Å². The highest BCUT2D eigenvalue weighted by molar-refractivity contribution is 6.69. The fourth-order valence-corrected chi connectivity index (χ4v) is 5.99. The minimum absolute atomic E-state index is 0.0674. The number of aromatic nitrogens is 1. The first kappa shape index (κ1) is 19.6. The molecule has 3 aliphatic heterocycles. The quantitative estimate of drug-likeness (QED) is 0.506. The minimum Gasteiger partial charge on any atom is -0.497 e. The number of hydrogen-bond acceptors (Lipinski definition) is 4. The molecule has 4 nitrogen and oxygen atoms in total. The summed E-state index contributed by atoms with van der Waals surface area (Å²) in [6.45, 7) is 13.2. The van der Waals surface area contributed by atoms with E-state index in [1.165, 1.54) is 18.4 Å². The van der Waals surface area contributed by atoms with Crippen LogP contribution in [0.2, 0.25) is 19.6 Å². The molecule has 0 amide bonds. The molecule has 3 fully saturated rings. The largest absolute Gasteiger partial charge is 0.497 e. The van der Waals surface area contributed by atoms with Gasteiger partial charge < -0.3 is 9.16 Å². The maximum atomic E-state index is 6.87. The van der Waals surface area contributed by atoms with Gasteiger partial charge >= 0.3 is 0 Å². The molecule has 3 aliphatic rings. The van der Waals surface area contributed by atoms with Crippen LogP contribution in [-0.2, 0) is 4.43 Å². The van der Waals surface area contributed by atoms with Crippen molar-refractivity contribution >= 4 is 19.2 Å². The van der Waals surface area contributed by atoms with Crippen LogP contribution in [0.4, 0.5) is 0 Å². The molecule has 5 rings (SSSR count). The number of pyridine rings is 1. The third kappa shape index (κ3) is 3.75. The molecular weight excluding hydrogens is 364 g/mol. The van der Waals surface area contributed by atoms with Gasteiger partial charge in [0.15, 0.2) is 8.32 Å². The number of methoxy groups -OCH3 is 1. The van der Waals surface area contributed by atoms with Gasteiger partial charge in [0, 0.05) is 24.2 Å². The van der Waals surface area contributed by atoms with Gasteiger partial charge in [0.2, 0.25) is 0 Å². The van der Waals surface area contributed by atoms with E-state index in [2.05, 4.69) is 54.3 Å². The summed E-state index contributed by atoms with van der Waals surface area (Å²) in [4.78, 5) is 7.23. The second kappa shape index (κ2) is 7.62. The molecule has 5 heteroatoms. The number of rotatable bonds is 6. The molecule has 0 radical (unpaired) electrons. The fraction of sp³-hybridized carbons (Fsp3) is 0.522. The molecule has 0 saturated carbocycles. The summed E-state index contributed by atoms with van der Waals surface area (Å²) in [6, 6.07) is 8.71. The first-order chi connectivity index (χ1) is 13.4. The Morgan fingerprint density at radius 2 is 2.11 bits per heavy atom. The highest BCUT2D eigenvalue weighted by atomic mass is 28.4. The lowest BCUT2D eigenvalue weighted by atomic mass is 9.73. The van der Waals surface area contributed by atoms with E-state index in [9.17, 15) is 0 Å². The number of fused-ring (bicyclic) bond motifs is 4. The zero-order chi connectivity index (χ0) is 19.9. The van der Waals surface area contributed by atoms with Crippen LogP contribution >= 0.6 is 0 Å². The van der Waals surface area contributed by atoms with Gasteiger partial charge in [-0.15, -0.1) is 6.58 Å². The fourth-order valence-electron chi connectivity index (χ4n) is 4.94. The molecule has 3 saturated heterocycles. The molecular formula is C23H32N2O2Si. The summed E-state index contributed by atoms with van der Waals surface area (Å²) in [5.41, 5.74) is 2.25. The van der Waals surface area contributed by atoms with E-state index in [0.717, 1.165) is 35.7 Å². The van der Waals surface area contributed by atoms with Gasteiger partial charge in [-0.3, -0.25) is 9.88 Å². The van der Waals surface area contributed by atoms with Crippen LogP contribution in [0.3, 0.4) is 0 Å². The topological polar surface area (TPSA) is 34.6 Å². The van der Waals surface area contributed by atoms with Crippen molar-refractivity contribution in [2.24, 2.45) is 11.8 Å². The van der Waals surface area contributed by atoms with Gasteiger partial charge in [0.05, 0.1) is 18.7 Å². The van der Waals surface area contributed by atoms with Gasteiger partial charge in [-0.1, -0.05) is 6.08 Å². The van der Waals surface area contributed by atoms with Crippen LogP contribution in [-0.4, -0.2) is 44.4 Å². The van der Waals surface area contributed by atoms with Crippen molar-refractivity contribution in [3.05, 3.63) is 48.7 Å². The molecule has 4 heterocycles. The van der Waals surface area contributed by atoms with Crippen LogP contribution < -0.4 is 4.74 Å². The Labute approximate surface area is 169 Å². The van der Waals surface area contributed by atoms with Crippen LogP contribution in [0, 0.1) is 11.8 Å². The van der Waals surface area contributed by atoms with Gasteiger partial charge in [-0.2, -0.15) is 0 Å². The average Bonchev–Trinajstić information content (AvgIpc) is 2.70. The molecule has 4 unspecified atom stereocenters. The Bertz CT molecular complexity index is 863. The van der Waals surface area contributed by atoms with Crippen LogP contribution in [0.25, 0.3) is 10.9 Å². The smallest absolute Gasteiger partial charge is 0.184 e. The average molecular weight is 397 g/mol. The second-order valence-corrected chi connectivity index (χ2v) is 13.6. The number of benzene rings is 1. The molecule has 0 aliphatic carbocycles.